The zero-order chi connectivity index (χ0) is 33.6. The second-order valence-corrected chi connectivity index (χ2v) is 17.0. The molecule has 0 fully saturated rings. The van der Waals surface area contributed by atoms with E-state index < -0.39 is 0 Å². The second kappa shape index (κ2) is 18.0. The number of fused-ring (bicyclic) bond motifs is 3. The summed E-state index contributed by atoms with van der Waals surface area (Å²) in [6.45, 7) is 22.6. The summed E-state index contributed by atoms with van der Waals surface area (Å²) in [5, 5.41) is 0. The fourth-order valence-electron chi connectivity index (χ4n) is 5.58. The first-order valence-corrected chi connectivity index (χ1v) is 18.6. The van der Waals surface area contributed by atoms with E-state index in [9.17, 15) is 0 Å². The number of benzene rings is 4. The molecular weight excluding hydrogens is 790 g/mol. The molecular formula is C45H52Cl2Hf-2. The SMILES string of the molecule is CC(C)(C)c1[c-]c2c(cc1)-c1ccc(C(C)(C)C)cc1C2.CC(C)c1ccc([C](=[Hf+2])c2ccc(C(C)C)cc2)cc1.[Cl-].[Cl-].c1cc[cH-]c1. The van der Waals surface area contributed by atoms with Crippen molar-refractivity contribution < 1.29 is 48.7 Å². The van der Waals surface area contributed by atoms with Crippen LogP contribution in [0.2, 0.25) is 0 Å². The average Bonchev–Trinajstić information content (AvgIpc) is 3.72. The van der Waals surface area contributed by atoms with Crippen LogP contribution in [0.1, 0.15) is 126 Å². The van der Waals surface area contributed by atoms with Gasteiger partial charge in [0, 0.05) is 0 Å². The summed E-state index contributed by atoms with van der Waals surface area (Å²) in [4.78, 5) is 0. The molecule has 5 aromatic rings. The van der Waals surface area contributed by atoms with Crippen molar-refractivity contribution in [3.05, 3.63) is 160 Å². The molecule has 0 amide bonds. The average molecular weight is 842 g/mol. The van der Waals surface area contributed by atoms with Crippen LogP contribution >= 0.6 is 0 Å². The Hall–Kier alpha value is -2.45. The van der Waals surface area contributed by atoms with Crippen molar-refractivity contribution in [2.75, 3.05) is 0 Å². The van der Waals surface area contributed by atoms with Gasteiger partial charge in [-0.1, -0.05) is 65.3 Å². The zero-order valence-electron chi connectivity index (χ0n) is 30.5. The third kappa shape index (κ3) is 11.0. The number of hydrogen-bond donors (Lipinski definition) is 0. The van der Waals surface area contributed by atoms with E-state index in [4.69, 9.17) is 0 Å². The van der Waals surface area contributed by atoms with Gasteiger partial charge >= 0.3 is 137 Å². The van der Waals surface area contributed by atoms with Crippen LogP contribution in [-0.4, -0.2) is 3.26 Å². The van der Waals surface area contributed by atoms with Gasteiger partial charge in [0.15, 0.2) is 0 Å². The molecule has 0 spiro atoms. The first-order chi connectivity index (χ1) is 21.6. The van der Waals surface area contributed by atoms with Gasteiger partial charge in [-0.3, -0.25) is 0 Å². The van der Waals surface area contributed by atoms with Crippen molar-refractivity contribution in [2.45, 2.75) is 98.3 Å². The summed E-state index contributed by atoms with van der Waals surface area (Å²) in [5.41, 5.74) is 14.3. The summed E-state index contributed by atoms with van der Waals surface area (Å²) in [7, 11) is 0. The van der Waals surface area contributed by atoms with Gasteiger partial charge in [-0.25, -0.2) is 12.1 Å². The Bertz CT molecular complexity index is 1580. The Kier molecular flexibility index (Phi) is 15.6. The van der Waals surface area contributed by atoms with Crippen molar-refractivity contribution in [2.24, 2.45) is 0 Å². The molecule has 0 atom stereocenters. The predicted molar refractivity (Wildman–Crippen MR) is 197 cm³/mol. The van der Waals surface area contributed by atoms with Crippen molar-refractivity contribution >= 4 is 3.26 Å². The van der Waals surface area contributed by atoms with E-state index in [2.05, 4.69) is 154 Å². The molecule has 0 N–H and O–H groups in total. The van der Waals surface area contributed by atoms with Crippen LogP contribution in [0.25, 0.3) is 11.1 Å². The van der Waals surface area contributed by atoms with Crippen LogP contribution in [0.4, 0.5) is 0 Å². The van der Waals surface area contributed by atoms with E-state index in [0.29, 0.717) is 11.8 Å². The number of halogens is 2. The standard InChI is InChI=1S/C21H25.C19H22.C5H5.2ClH.Hf/c1-20(2,3)16-7-9-18-14(12-16)11-15-13-17(21(4,5)6)8-10-19(15)18;1-14(2)18-9-5-16(6-10-18)13-17-7-11-19(12-8-17)15(3)4;1-2-4-5-3-1;;;/h7-10,12H,11H2,1-6H3;5-12,14-15H,1-4H3;1-5H;2*1H;/q-1;;-1;;;+2/p-2. The minimum absolute atomic E-state index is 0. The van der Waals surface area contributed by atoms with Gasteiger partial charge in [0.1, 0.15) is 0 Å². The Balaban J connectivity index is 0.000000281. The third-order valence-electron chi connectivity index (χ3n) is 8.75. The van der Waals surface area contributed by atoms with E-state index in [-0.39, 0.29) is 35.6 Å². The van der Waals surface area contributed by atoms with Gasteiger partial charge < -0.3 is 24.8 Å². The fraction of sp³-hybridized carbons (Fsp3) is 0.333. The van der Waals surface area contributed by atoms with Crippen molar-refractivity contribution in [1.29, 1.82) is 0 Å². The van der Waals surface area contributed by atoms with Gasteiger partial charge in [-0.15, -0.1) is 11.1 Å². The topological polar surface area (TPSA) is 0 Å². The smallest absolute Gasteiger partial charge is 0.172 e. The quantitative estimate of drug-likeness (QED) is 0.149. The Morgan fingerprint density at radius 1 is 0.646 bits per heavy atom. The normalized spacial score (nSPS) is 11.6. The maximum absolute atomic E-state index is 3.67. The van der Waals surface area contributed by atoms with E-state index in [1.54, 1.807) is 0 Å². The Labute approximate surface area is 319 Å². The first-order valence-electron chi connectivity index (χ1n) is 16.8. The molecule has 0 bridgehead atoms. The molecule has 0 nitrogen and oxygen atoms in total. The van der Waals surface area contributed by atoms with E-state index in [1.165, 1.54) is 58.9 Å². The first kappa shape index (κ1) is 41.7. The van der Waals surface area contributed by atoms with Gasteiger partial charge in [0.05, 0.1) is 0 Å². The van der Waals surface area contributed by atoms with E-state index >= 15 is 0 Å². The minimum atomic E-state index is 0. The maximum Gasteiger partial charge on any atom is -0.172 e. The molecule has 3 heteroatoms. The maximum atomic E-state index is 3.67. The van der Waals surface area contributed by atoms with Gasteiger partial charge in [0.2, 0.25) is 0 Å². The van der Waals surface area contributed by atoms with Crippen LogP contribution in [0, 0.1) is 6.07 Å². The molecule has 48 heavy (non-hydrogen) atoms. The molecule has 5 aromatic carbocycles. The van der Waals surface area contributed by atoms with E-state index in [0.717, 1.165) is 30.3 Å². The Morgan fingerprint density at radius 2 is 1.12 bits per heavy atom. The molecule has 0 heterocycles. The number of hydrogen-bond acceptors (Lipinski definition) is 0. The second-order valence-electron chi connectivity index (χ2n) is 15.2. The zero-order valence-corrected chi connectivity index (χ0v) is 35.6. The minimum Gasteiger partial charge on any atom is -1.00 e. The van der Waals surface area contributed by atoms with Crippen LogP contribution in [0.15, 0.2) is 109 Å². The summed E-state index contributed by atoms with van der Waals surface area (Å²) in [5.74, 6) is 1.21. The third-order valence-corrected chi connectivity index (χ3v) is 10.8. The van der Waals surface area contributed by atoms with Crippen LogP contribution < -0.4 is 24.8 Å². The van der Waals surface area contributed by atoms with Crippen molar-refractivity contribution in [3.63, 3.8) is 0 Å². The molecule has 0 aromatic heterocycles. The summed E-state index contributed by atoms with van der Waals surface area (Å²) < 4.78 is 1.48. The monoisotopic (exact) mass is 842 g/mol. The Morgan fingerprint density at radius 3 is 1.52 bits per heavy atom. The van der Waals surface area contributed by atoms with E-state index in [1.807, 2.05) is 30.3 Å². The summed E-state index contributed by atoms with van der Waals surface area (Å²) >= 11 is 1.07. The molecule has 1 aliphatic rings. The number of rotatable bonds is 4. The summed E-state index contributed by atoms with van der Waals surface area (Å²) in [6, 6.07) is 43.3. The van der Waals surface area contributed by atoms with Gasteiger partial charge in [-0.05, 0) is 28.4 Å². The predicted octanol–water partition coefficient (Wildman–Crippen LogP) is 6.12. The molecule has 0 aliphatic heterocycles. The molecule has 1 aliphatic carbocycles. The van der Waals surface area contributed by atoms with Gasteiger partial charge in [-0.2, -0.15) is 42.0 Å². The molecule has 0 saturated heterocycles. The van der Waals surface area contributed by atoms with Crippen LogP contribution in [0.5, 0.6) is 0 Å². The summed E-state index contributed by atoms with van der Waals surface area (Å²) in [6.07, 6.45) is 1.03. The molecule has 0 unspecified atom stereocenters. The van der Waals surface area contributed by atoms with Crippen molar-refractivity contribution in [3.8, 4) is 11.1 Å². The molecule has 6 rings (SSSR count). The van der Waals surface area contributed by atoms with Crippen molar-refractivity contribution in [1.82, 2.24) is 0 Å². The largest absolute Gasteiger partial charge is 1.00 e. The molecule has 0 saturated carbocycles. The van der Waals surface area contributed by atoms with Crippen LogP contribution in [0.3, 0.4) is 0 Å². The van der Waals surface area contributed by atoms with Gasteiger partial charge in [0.25, 0.3) is 0 Å². The fourth-order valence-corrected chi connectivity index (χ4v) is 6.78. The molecule has 252 valence electrons. The molecule has 0 radical (unpaired) electrons. The van der Waals surface area contributed by atoms with Crippen LogP contribution in [-0.2, 0) is 41.1 Å².